The molecule has 3 nitrogen and oxygen atoms in total. The Morgan fingerprint density at radius 3 is 2.68 bits per heavy atom. The van der Waals surface area contributed by atoms with Gasteiger partial charge in [-0.05, 0) is 52.5 Å². The Morgan fingerprint density at radius 1 is 1.26 bits per heavy atom. The number of hydrogen-bond donors (Lipinski definition) is 1. The van der Waals surface area contributed by atoms with Crippen molar-refractivity contribution in [3.63, 3.8) is 0 Å². The standard InChI is InChI=1S/C16H30N2O/c1-4-5-6-16(19)12-17-10-9-14-7-8-15(11-17)18(14)13(2)3/h4,13-16,19H,1,5-12H2,2-3H3. The molecule has 2 fully saturated rings. The minimum Gasteiger partial charge on any atom is -0.392 e. The van der Waals surface area contributed by atoms with Gasteiger partial charge in [0.2, 0.25) is 0 Å². The lowest BCUT2D eigenvalue weighted by Crippen LogP contribution is -2.44. The maximum Gasteiger partial charge on any atom is 0.0670 e. The number of aliphatic hydroxyl groups excluding tert-OH is 1. The minimum absolute atomic E-state index is 0.192. The van der Waals surface area contributed by atoms with E-state index in [1.807, 2.05) is 6.08 Å². The van der Waals surface area contributed by atoms with Crippen molar-refractivity contribution in [2.45, 2.75) is 70.2 Å². The molecular formula is C16H30N2O. The Labute approximate surface area is 118 Å². The van der Waals surface area contributed by atoms with E-state index in [4.69, 9.17) is 0 Å². The van der Waals surface area contributed by atoms with Crippen molar-refractivity contribution >= 4 is 0 Å². The summed E-state index contributed by atoms with van der Waals surface area (Å²) in [6, 6.07) is 2.14. The molecule has 2 heterocycles. The van der Waals surface area contributed by atoms with Gasteiger partial charge in [-0.15, -0.1) is 6.58 Å². The molecule has 0 radical (unpaired) electrons. The van der Waals surface area contributed by atoms with Gasteiger partial charge in [0.1, 0.15) is 0 Å². The number of nitrogens with zero attached hydrogens (tertiary/aromatic N) is 2. The highest BCUT2D eigenvalue weighted by Gasteiger charge is 2.38. The van der Waals surface area contributed by atoms with Crippen molar-refractivity contribution in [3.8, 4) is 0 Å². The lowest BCUT2D eigenvalue weighted by atomic mass is 10.1. The number of rotatable bonds is 6. The quantitative estimate of drug-likeness (QED) is 0.747. The van der Waals surface area contributed by atoms with E-state index in [1.54, 1.807) is 0 Å². The normalized spacial score (nSPS) is 30.5. The van der Waals surface area contributed by atoms with Crippen LogP contribution in [0, 0.1) is 0 Å². The van der Waals surface area contributed by atoms with E-state index < -0.39 is 0 Å². The Kier molecular flexibility index (Phi) is 5.43. The van der Waals surface area contributed by atoms with Crippen LogP contribution >= 0.6 is 0 Å². The lowest BCUT2D eigenvalue weighted by Gasteiger charge is -2.32. The summed E-state index contributed by atoms with van der Waals surface area (Å²) in [6.07, 6.45) is 7.44. The SMILES string of the molecule is C=CCCC(O)CN1CCC2CCC(C1)N2C(C)C. The van der Waals surface area contributed by atoms with Gasteiger partial charge in [0.05, 0.1) is 6.10 Å². The minimum atomic E-state index is -0.192. The highest BCUT2D eigenvalue weighted by molar-refractivity contribution is 4.94. The van der Waals surface area contributed by atoms with Crippen LogP contribution in [0.5, 0.6) is 0 Å². The van der Waals surface area contributed by atoms with Crippen LogP contribution in [0.4, 0.5) is 0 Å². The van der Waals surface area contributed by atoms with E-state index in [0.717, 1.165) is 38.5 Å². The highest BCUT2D eigenvalue weighted by atomic mass is 16.3. The van der Waals surface area contributed by atoms with Crippen molar-refractivity contribution in [2.75, 3.05) is 19.6 Å². The zero-order valence-electron chi connectivity index (χ0n) is 12.6. The second-order valence-corrected chi connectivity index (χ2v) is 6.49. The molecule has 19 heavy (non-hydrogen) atoms. The van der Waals surface area contributed by atoms with Gasteiger partial charge in [-0.25, -0.2) is 0 Å². The largest absolute Gasteiger partial charge is 0.392 e. The predicted octanol–water partition coefficient (Wildman–Crippen LogP) is 2.26. The summed E-state index contributed by atoms with van der Waals surface area (Å²) in [7, 11) is 0. The third-order valence-corrected chi connectivity index (χ3v) is 4.69. The van der Waals surface area contributed by atoms with Gasteiger partial charge in [-0.1, -0.05) is 6.08 Å². The molecule has 2 saturated heterocycles. The molecule has 3 atom stereocenters. The summed E-state index contributed by atoms with van der Waals surface area (Å²) < 4.78 is 0. The van der Waals surface area contributed by atoms with Gasteiger partial charge in [-0.2, -0.15) is 0 Å². The first-order chi connectivity index (χ1) is 9.11. The Balaban J connectivity index is 1.87. The molecule has 0 amide bonds. The van der Waals surface area contributed by atoms with E-state index in [9.17, 15) is 5.11 Å². The van der Waals surface area contributed by atoms with Crippen LogP contribution in [0.3, 0.4) is 0 Å². The Bertz CT molecular complexity index is 292. The molecular weight excluding hydrogens is 236 g/mol. The maximum absolute atomic E-state index is 10.1. The second kappa shape index (κ2) is 6.87. The second-order valence-electron chi connectivity index (χ2n) is 6.49. The fourth-order valence-corrected chi connectivity index (χ4v) is 3.89. The van der Waals surface area contributed by atoms with E-state index in [1.165, 1.54) is 19.3 Å². The molecule has 2 rings (SSSR count). The van der Waals surface area contributed by atoms with Gasteiger partial charge in [-0.3, -0.25) is 9.80 Å². The van der Waals surface area contributed by atoms with Crippen molar-refractivity contribution in [1.82, 2.24) is 9.80 Å². The third kappa shape index (κ3) is 3.80. The topological polar surface area (TPSA) is 26.7 Å². The summed E-state index contributed by atoms with van der Waals surface area (Å²) in [5.74, 6) is 0. The molecule has 1 N–H and O–H groups in total. The summed E-state index contributed by atoms with van der Waals surface area (Å²) in [5.41, 5.74) is 0. The molecule has 0 spiro atoms. The fraction of sp³-hybridized carbons (Fsp3) is 0.875. The van der Waals surface area contributed by atoms with Crippen LogP contribution < -0.4 is 0 Å². The van der Waals surface area contributed by atoms with Gasteiger partial charge in [0, 0.05) is 31.2 Å². The first-order valence-corrected chi connectivity index (χ1v) is 7.90. The molecule has 2 bridgehead atoms. The summed E-state index contributed by atoms with van der Waals surface area (Å²) in [5, 5.41) is 10.1. The van der Waals surface area contributed by atoms with Crippen LogP contribution in [-0.2, 0) is 0 Å². The predicted molar refractivity (Wildman–Crippen MR) is 80.3 cm³/mol. The molecule has 3 heteroatoms. The molecule has 110 valence electrons. The fourth-order valence-electron chi connectivity index (χ4n) is 3.89. The van der Waals surface area contributed by atoms with Crippen molar-refractivity contribution < 1.29 is 5.11 Å². The molecule has 2 aliphatic heterocycles. The van der Waals surface area contributed by atoms with E-state index in [-0.39, 0.29) is 6.10 Å². The van der Waals surface area contributed by atoms with Crippen LogP contribution in [0.25, 0.3) is 0 Å². The number of β-amino-alcohol motifs (C(OH)–C–C–N with tert-alkyl or cyclic N) is 1. The summed E-state index contributed by atoms with van der Waals surface area (Å²) >= 11 is 0. The number of likely N-dealkylation sites (tertiary alicyclic amines) is 1. The summed E-state index contributed by atoms with van der Waals surface area (Å²) in [4.78, 5) is 5.20. The van der Waals surface area contributed by atoms with Gasteiger partial charge in [0.15, 0.2) is 0 Å². The van der Waals surface area contributed by atoms with E-state index in [2.05, 4.69) is 30.2 Å². The van der Waals surface area contributed by atoms with Crippen LogP contribution in [0.15, 0.2) is 12.7 Å². The zero-order chi connectivity index (χ0) is 13.8. The van der Waals surface area contributed by atoms with Crippen molar-refractivity contribution in [3.05, 3.63) is 12.7 Å². The van der Waals surface area contributed by atoms with Gasteiger partial charge in [0.25, 0.3) is 0 Å². The van der Waals surface area contributed by atoms with Crippen LogP contribution in [-0.4, -0.2) is 58.8 Å². The number of fused-ring (bicyclic) bond motifs is 2. The average molecular weight is 266 g/mol. The molecule has 0 aromatic rings. The average Bonchev–Trinajstić information content (AvgIpc) is 2.65. The van der Waals surface area contributed by atoms with E-state index in [0.29, 0.717) is 12.1 Å². The Hall–Kier alpha value is -0.380. The monoisotopic (exact) mass is 266 g/mol. The van der Waals surface area contributed by atoms with Crippen LogP contribution in [0.2, 0.25) is 0 Å². The van der Waals surface area contributed by atoms with Gasteiger partial charge >= 0.3 is 0 Å². The lowest BCUT2D eigenvalue weighted by molar-refractivity contribution is 0.0952. The summed E-state index contributed by atoms with van der Waals surface area (Å²) in [6.45, 7) is 11.5. The van der Waals surface area contributed by atoms with Crippen molar-refractivity contribution in [2.24, 2.45) is 0 Å². The zero-order valence-corrected chi connectivity index (χ0v) is 12.6. The maximum atomic E-state index is 10.1. The molecule has 2 aliphatic rings. The van der Waals surface area contributed by atoms with Crippen molar-refractivity contribution in [1.29, 1.82) is 0 Å². The molecule has 0 aromatic carbocycles. The smallest absolute Gasteiger partial charge is 0.0670 e. The highest BCUT2D eigenvalue weighted by Crippen LogP contribution is 2.32. The first-order valence-electron chi connectivity index (χ1n) is 7.90. The molecule has 3 unspecified atom stereocenters. The Morgan fingerprint density at radius 2 is 2.00 bits per heavy atom. The molecule has 0 aromatic heterocycles. The van der Waals surface area contributed by atoms with Crippen LogP contribution in [0.1, 0.15) is 46.0 Å². The molecule has 0 saturated carbocycles. The third-order valence-electron chi connectivity index (χ3n) is 4.69. The number of aliphatic hydroxyl groups is 1. The number of allylic oxidation sites excluding steroid dienone is 1. The first kappa shape index (κ1) is 15.0. The van der Waals surface area contributed by atoms with Gasteiger partial charge < -0.3 is 5.11 Å². The number of hydrogen-bond acceptors (Lipinski definition) is 3. The van der Waals surface area contributed by atoms with E-state index >= 15 is 0 Å². The molecule has 0 aliphatic carbocycles.